The Bertz CT molecular complexity index is 882. The van der Waals surface area contributed by atoms with Crippen LogP contribution < -0.4 is 4.90 Å². The number of piperazine rings is 1. The third kappa shape index (κ3) is 3.13. The summed E-state index contributed by atoms with van der Waals surface area (Å²) in [7, 11) is 0. The first-order chi connectivity index (χ1) is 12.7. The predicted molar refractivity (Wildman–Crippen MR) is 99.8 cm³/mol. The maximum Gasteiger partial charge on any atom is 0.253 e. The van der Waals surface area contributed by atoms with Crippen LogP contribution in [0.25, 0.3) is 5.69 Å². The van der Waals surface area contributed by atoms with Crippen molar-refractivity contribution >= 4 is 11.6 Å². The van der Waals surface area contributed by atoms with E-state index < -0.39 is 0 Å². The molecule has 0 saturated carbocycles. The summed E-state index contributed by atoms with van der Waals surface area (Å²) < 4.78 is 1.90. The van der Waals surface area contributed by atoms with Crippen molar-refractivity contribution in [3.63, 3.8) is 0 Å². The number of phenols is 1. The average Bonchev–Trinajstić information content (AvgIpc) is 3.23. The van der Waals surface area contributed by atoms with Crippen molar-refractivity contribution in [1.82, 2.24) is 14.5 Å². The van der Waals surface area contributed by atoms with E-state index in [0.717, 1.165) is 11.4 Å². The monoisotopic (exact) mass is 348 g/mol. The molecule has 1 aromatic heterocycles. The zero-order valence-corrected chi connectivity index (χ0v) is 14.3. The molecule has 1 fully saturated rings. The number of para-hydroxylation sites is 2. The number of aromatic hydroxyl groups is 1. The first-order valence-electron chi connectivity index (χ1n) is 8.63. The second-order valence-corrected chi connectivity index (χ2v) is 6.28. The van der Waals surface area contributed by atoms with Gasteiger partial charge in [0.1, 0.15) is 5.75 Å². The van der Waals surface area contributed by atoms with E-state index >= 15 is 0 Å². The summed E-state index contributed by atoms with van der Waals surface area (Å²) in [6.07, 6.45) is 5.33. The first kappa shape index (κ1) is 16.2. The Labute approximate surface area is 151 Å². The van der Waals surface area contributed by atoms with Crippen molar-refractivity contribution in [2.24, 2.45) is 0 Å². The number of rotatable bonds is 3. The minimum Gasteiger partial charge on any atom is -0.506 e. The number of hydrogen-bond acceptors (Lipinski definition) is 4. The van der Waals surface area contributed by atoms with Crippen LogP contribution in [0.1, 0.15) is 10.4 Å². The van der Waals surface area contributed by atoms with Crippen LogP contribution in [0.3, 0.4) is 0 Å². The van der Waals surface area contributed by atoms with E-state index in [4.69, 9.17) is 0 Å². The van der Waals surface area contributed by atoms with Gasteiger partial charge in [0, 0.05) is 49.8 Å². The maximum atomic E-state index is 12.7. The second-order valence-electron chi connectivity index (χ2n) is 6.28. The predicted octanol–water partition coefficient (Wildman–Crippen LogP) is 2.54. The molecule has 1 aliphatic rings. The van der Waals surface area contributed by atoms with E-state index in [9.17, 15) is 9.90 Å². The Kier molecular flexibility index (Phi) is 4.31. The fourth-order valence-corrected chi connectivity index (χ4v) is 3.25. The number of phenolic OH excluding ortho intramolecular Hbond substituents is 1. The Morgan fingerprint density at radius 2 is 1.69 bits per heavy atom. The second kappa shape index (κ2) is 6.92. The lowest BCUT2D eigenvalue weighted by Crippen LogP contribution is -2.48. The molecule has 3 aromatic rings. The molecular formula is C20H20N4O2. The van der Waals surface area contributed by atoms with Crippen molar-refractivity contribution in [2.75, 3.05) is 31.1 Å². The van der Waals surface area contributed by atoms with Crippen molar-refractivity contribution in [1.29, 1.82) is 0 Å². The Morgan fingerprint density at radius 3 is 2.35 bits per heavy atom. The highest BCUT2D eigenvalue weighted by Gasteiger charge is 2.23. The van der Waals surface area contributed by atoms with Gasteiger partial charge in [-0.25, -0.2) is 4.98 Å². The van der Waals surface area contributed by atoms with Crippen LogP contribution in [0.2, 0.25) is 0 Å². The van der Waals surface area contributed by atoms with Gasteiger partial charge in [0.2, 0.25) is 0 Å². The number of hydrogen-bond donors (Lipinski definition) is 1. The minimum absolute atomic E-state index is 0.0408. The number of benzene rings is 2. The van der Waals surface area contributed by atoms with Crippen LogP contribution in [0, 0.1) is 0 Å². The van der Waals surface area contributed by atoms with Crippen LogP contribution in [0.4, 0.5) is 5.69 Å². The molecule has 2 aromatic carbocycles. The number of anilines is 1. The Hall–Kier alpha value is -3.28. The highest BCUT2D eigenvalue weighted by molar-refractivity contribution is 5.94. The summed E-state index contributed by atoms with van der Waals surface area (Å²) in [5, 5.41) is 9.99. The fourth-order valence-electron chi connectivity index (χ4n) is 3.25. The lowest BCUT2D eigenvalue weighted by Gasteiger charge is -2.36. The summed E-state index contributed by atoms with van der Waals surface area (Å²) in [5.41, 5.74) is 2.48. The lowest BCUT2D eigenvalue weighted by atomic mass is 10.1. The number of aromatic nitrogens is 2. The molecule has 1 N–H and O–H groups in total. The highest BCUT2D eigenvalue weighted by Crippen LogP contribution is 2.27. The first-order valence-corrected chi connectivity index (χ1v) is 8.63. The standard InChI is InChI=1S/C20H20N4O2/c25-19-4-2-1-3-18(19)22-11-13-23(14-12-22)20(26)16-5-7-17(8-6-16)24-10-9-21-15-24/h1-10,15,25H,11-14H2. The van der Waals surface area contributed by atoms with Gasteiger partial charge in [0.15, 0.2) is 0 Å². The summed E-state index contributed by atoms with van der Waals surface area (Å²) in [6, 6.07) is 14.9. The van der Waals surface area contributed by atoms with Gasteiger partial charge in [0.05, 0.1) is 12.0 Å². The quantitative estimate of drug-likeness (QED) is 0.790. The molecular weight excluding hydrogens is 328 g/mol. The van der Waals surface area contributed by atoms with Crippen molar-refractivity contribution in [3.05, 3.63) is 72.8 Å². The zero-order chi connectivity index (χ0) is 17.9. The molecule has 0 atom stereocenters. The number of nitrogens with zero attached hydrogens (tertiary/aromatic N) is 4. The summed E-state index contributed by atoms with van der Waals surface area (Å²) in [5.74, 6) is 0.321. The molecule has 1 aliphatic heterocycles. The molecule has 0 unspecified atom stereocenters. The molecule has 132 valence electrons. The van der Waals surface area contributed by atoms with Crippen molar-refractivity contribution in [3.8, 4) is 11.4 Å². The number of imidazole rings is 1. The zero-order valence-electron chi connectivity index (χ0n) is 14.3. The molecule has 0 spiro atoms. The van der Waals surface area contributed by atoms with Crippen LogP contribution in [0.5, 0.6) is 5.75 Å². The summed E-state index contributed by atoms with van der Waals surface area (Å²) in [4.78, 5) is 20.8. The Morgan fingerprint density at radius 1 is 0.962 bits per heavy atom. The maximum absolute atomic E-state index is 12.7. The van der Waals surface area contributed by atoms with Crippen LogP contribution in [-0.4, -0.2) is 51.6 Å². The fraction of sp³-hybridized carbons (Fsp3) is 0.200. The number of carbonyl (C=O) groups excluding carboxylic acids is 1. The normalized spacial score (nSPS) is 14.5. The third-order valence-electron chi connectivity index (χ3n) is 4.71. The minimum atomic E-state index is 0.0408. The third-order valence-corrected chi connectivity index (χ3v) is 4.71. The number of amides is 1. The largest absolute Gasteiger partial charge is 0.506 e. The van der Waals surface area contributed by atoms with Gasteiger partial charge in [0.25, 0.3) is 5.91 Å². The molecule has 0 aliphatic carbocycles. The SMILES string of the molecule is O=C(c1ccc(-n2ccnc2)cc1)N1CCN(c2ccccc2O)CC1. The van der Waals surface area contributed by atoms with E-state index in [1.807, 2.05) is 58.1 Å². The molecule has 6 heteroatoms. The smallest absolute Gasteiger partial charge is 0.253 e. The van der Waals surface area contributed by atoms with Gasteiger partial charge in [-0.15, -0.1) is 0 Å². The topological polar surface area (TPSA) is 61.6 Å². The Balaban J connectivity index is 1.41. The van der Waals surface area contributed by atoms with Gasteiger partial charge < -0.3 is 19.5 Å². The molecule has 1 amide bonds. The molecule has 26 heavy (non-hydrogen) atoms. The van der Waals surface area contributed by atoms with Crippen molar-refractivity contribution in [2.45, 2.75) is 0 Å². The molecule has 0 bridgehead atoms. The van der Waals surface area contributed by atoms with Crippen molar-refractivity contribution < 1.29 is 9.90 Å². The van der Waals surface area contributed by atoms with Crippen LogP contribution >= 0.6 is 0 Å². The highest BCUT2D eigenvalue weighted by atomic mass is 16.3. The summed E-state index contributed by atoms with van der Waals surface area (Å²) in [6.45, 7) is 2.68. The van der Waals surface area contributed by atoms with E-state index in [1.54, 1.807) is 18.6 Å². The van der Waals surface area contributed by atoms with E-state index in [1.165, 1.54) is 0 Å². The molecule has 6 nitrogen and oxygen atoms in total. The van der Waals surface area contributed by atoms with Gasteiger partial charge in [-0.2, -0.15) is 0 Å². The molecule has 4 rings (SSSR count). The summed E-state index contributed by atoms with van der Waals surface area (Å²) >= 11 is 0. The molecule has 1 saturated heterocycles. The van der Waals surface area contributed by atoms with Gasteiger partial charge in [-0.05, 0) is 36.4 Å². The number of carbonyl (C=O) groups is 1. The van der Waals surface area contributed by atoms with Crippen LogP contribution in [0.15, 0.2) is 67.3 Å². The lowest BCUT2D eigenvalue weighted by molar-refractivity contribution is 0.0747. The van der Waals surface area contributed by atoms with Gasteiger partial charge in [-0.3, -0.25) is 4.79 Å². The van der Waals surface area contributed by atoms with Gasteiger partial charge in [-0.1, -0.05) is 12.1 Å². The van der Waals surface area contributed by atoms with Crippen LogP contribution in [-0.2, 0) is 0 Å². The molecule has 2 heterocycles. The van der Waals surface area contributed by atoms with E-state index in [0.29, 0.717) is 31.7 Å². The van der Waals surface area contributed by atoms with E-state index in [-0.39, 0.29) is 11.7 Å². The van der Waals surface area contributed by atoms with Gasteiger partial charge >= 0.3 is 0 Å². The van der Waals surface area contributed by atoms with E-state index in [2.05, 4.69) is 9.88 Å². The average molecular weight is 348 g/mol. The molecule has 0 radical (unpaired) electrons.